The van der Waals surface area contributed by atoms with E-state index >= 15 is 0 Å². The number of allylic oxidation sites excluding steroid dienone is 1. The Balaban J connectivity index is 1.35. The first-order chi connectivity index (χ1) is 19.8. The van der Waals surface area contributed by atoms with Gasteiger partial charge in [0, 0.05) is 46.9 Å². The number of nitrogens with one attached hydrogen (secondary N) is 3. The van der Waals surface area contributed by atoms with Crippen molar-refractivity contribution in [3.63, 3.8) is 0 Å². The van der Waals surface area contributed by atoms with Gasteiger partial charge in [-0.25, -0.2) is 0 Å². The maximum Gasteiger partial charge on any atom is 0.239 e. The van der Waals surface area contributed by atoms with Gasteiger partial charge < -0.3 is 25.3 Å². The summed E-state index contributed by atoms with van der Waals surface area (Å²) in [7, 11) is 1.64. The Morgan fingerprint density at radius 1 is 1.02 bits per heavy atom. The average molecular weight is 549 g/mol. The molecule has 0 spiro atoms. The molecule has 3 N–H and O–H groups in total. The highest BCUT2D eigenvalue weighted by atomic mass is 16.5. The molecule has 0 fully saturated rings. The minimum atomic E-state index is -0.486. The Kier molecular flexibility index (Phi) is 7.03. The smallest absolute Gasteiger partial charge is 0.239 e. The number of hydrogen-bond donors (Lipinski definition) is 3. The van der Waals surface area contributed by atoms with E-state index < -0.39 is 6.04 Å². The van der Waals surface area contributed by atoms with Crippen molar-refractivity contribution in [2.75, 3.05) is 30.4 Å². The van der Waals surface area contributed by atoms with Gasteiger partial charge in [0.15, 0.2) is 5.78 Å². The van der Waals surface area contributed by atoms with Crippen molar-refractivity contribution in [1.29, 1.82) is 0 Å². The van der Waals surface area contributed by atoms with E-state index in [1.807, 2.05) is 66.9 Å². The van der Waals surface area contributed by atoms with Crippen molar-refractivity contribution >= 4 is 34.0 Å². The van der Waals surface area contributed by atoms with Crippen LogP contribution in [0, 0.1) is 5.41 Å². The second-order valence-corrected chi connectivity index (χ2v) is 11.7. The zero-order chi connectivity index (χ0) is 28.6. The lowest BCUT2D eigenvalue weighted by atomic mass is 9.73. The summed E-state index contributed by atoms with van der Waals surface area (Å²) in [5, 5.41) is 7.91. The first kappa shape index (κ1) is 26.7. The predicted molar refractivity (Wildman–Crippen MR) is 163 cm³/mol. The Morgan fingerprint density at radius 2 is 1.78 bits per heavy atom. The molecule has 6 rings (SSSR count). The van der Waals surface area contributed by atoms with Gasteiger partial charge in [-0.2, -0.15) is 0 Å². The standard InChI is InChI=1S/C34H36N4O3/c1-34(2)18-27-32(29(39)19-34)33(24-11-5-9-15-30(24)41-3)38(28-14-8-7-13-26(28)37-27)21-31(40)35-17-16-22-20-36-25-12-6-4-10-23(22)25/h4-15,20,33,36-37H,16-19,21H2,1-3H3,(H,35,40). The molecule has 0 bridgehead atoms. The number of Topliss-reactive ketones (excluding diaryl/α,β-unsaturated/α-hetero) is 1. The number of benzene rings is 3. The van der Waals surface area contributed by atoms with Gasteiger partial charge in [0.25, 0.3) is 0 Å². The summed E-state index contributed by atoms with van der Waals surface area (Å²) in [5.41, 5.74) is 6.32. The van der Waals surface area contributed by atoms with E-state index in [4.69, 9.17) is 4.74 Å². The molecular formula is C34H36N4O3. The summed E-state index contributed by atoms with van der Waals surface area (Å²) < 4.78 is 5.79. The van der Waals surface area contributed by atoms with E-state index in [1.54, 1.807) is 7.11 Å². The largest absolute Gasteiger partial charge is 0.496 e. The number of carbonyl (C=O) groups is 2. The number of para-hydroxylation sites is 4. The normalized spacial score (nSPS) is 17.9. The molecule has 210 valence electrons. The van der Waals surface area contributed by atoms with E-state index in [9.17, 15) is 9.59 Å². The van der Waals surface area contributed by atoms with Crippen molar-refractivity contribution in [2.24, 2.45) is 5.41 Å². The summed E-state index contributed by atoms with van der Waals surface area (Å²) in [6.45, 7) is 4.85. The lowest BCUT2D eigenvalue weighted by molar-refractivity contribution is -0.120. The molecule has 1 atom stereocenters. The molecule has 1 unspecified atom stereocenters. The van der Waals surface area contributed by atoms with Crippen molar-refractivity contribution < 1.29 is 14.3 Å². The summed E-state index contributed by atoms with van der Waals surface area (Å²) >= 11 is 0. The molecule has 3 aromatic carbocycles. The third-order valence-electron chi connectivity index (χ3n) is 8.14. The average Bonchev–Trinajstić information content (AvgIpc) is 3.31. The van der Waals surface area contributed by atoms with Gasteiger partial charge in [0.1, 0.15) is 5.75 Å². The number of nitrogens with zero attached hydrogens (tertiary/aromatic N) is 1. The summed E-state index contributed by atoms with van der Waals surface area (Å²) in [4.78, 5) is 32.9. The molecule has 41 heavy (non-hydrogen) atoms. The lowest BCUT2D eigenvalue weighted by Gasteiger charge is -2.38. The highest BCUT2D eigenvalue weighted by Gasteiger charge is 2.42. The van der Waals surface area contributed by atoms with Crippen LogP contribution in [0.4, 0.5) is 11.4 Å². The highest BCUT2D eigenvalue weighted by Crippen LogP contribution is 2.49. The van der Waals surface area contributed by atoms with Crippen molar-refractivity contribution in [3.05, 3.63) is 101 Å². The van der Waals surface area contributed by atoms with Gasteiger partial charge in [-0.3, -0.25) is 9.59 Å². The zero-order valence-electron chi connectivity index (χ0n) is 23.8. The quantitative estimate of drug-likeness (QED) is 0.258. The van der Waals surface area contributed by atoms with Crippen LogP contribution in [0.3, 0.4) is 0 Å². The molecule has 0 saturated heterocycles. The van der Waals surface area contributed by atoms with E-state index in [0.717, 1.165) is 34.6 Å². The third-order valence-corrected chi connectivity index (χ3v) is 8.14. The number of methoxy groups -OCH3 is 1. The van der Waals surface area contributed by atoms with Gasteiger partial charge in [0.05, 0.1) is 31.1 Å². The van der Waals surface area contributed by atoms with Crippen LogP contribution >= 0.6 is 0 Å². The van der Waals surface area contributed by atoms with Crippen molar-refractivity contribution in [1.82, 2.24) is 10.3 Å². The number of aromatic amines is 1. The Morgan fingerprint density at radius 3 is 2.63 bits per heavy atom. The van der Waals surface area contributed by atoms with Gasteiger partial charge in [-0.15, -0.1) is 0 Å². The molecule has 4 aromatic rings. The van der Waals surface area contributed by atoms with Crippen molar-refractivity contribution in [3.8, 4) is 5.75 Å². The van der Waals surface area contributed by atoms with E-state index in [1.165, 1.54) is 10.9 Å². The summed E-state index contributed by atoms with van der Waals surface area (Å²) in [5.74, 6) is 0.676. The van der Waals surface area contributed by atoms with Gasteiger partial charge in [-0.05, 0) is 48.1 Å². The van der Waals surface area contributed by atoms with Crippen LogP contribution in [0.5, 0.6) is 5.75 Å². The van der Waals surface area contributed by atoms with E-state index in [2.05, 4.69) is 46.5 Å². The second-order valence-electron chi connectivity index (χ2n) is 11.7. The minimum absolute atomic E-state index is 0.0861. The fourth-order valence-corrected chi connectivity index (χ4v) is 6.33. The number of ether oxygens (including phenoxy) is 1. The van der Waals surface area contributed by atoms with Crippen LogP contribution in [0.25, 0.3) is 10.9 Å². The SMILES string of the molecule is COc1ccccc1C1C2=C(CC(C)(C)CC2=O)Nc2ccccc2N1CC(=O)NCCc1c[nH]c2ccccc12. The number of ketones is 1. The van der Waals surface area contributed by atoms with Crippen LogP contribution in [0.15, 0.2) is 90.3 Å². The molecule has 0 radical (unpaired) electrons. The molecule has 2 aliphatic rings. The molecule has 1 amide bonds. The van der Waals surface area contributed by atoms with Crippen molar-refractivity contribution in [2.45, 2.75) is 39.2 Å². The number of carbonyl (C=O) groups excluding carboxylic acids is 2. The predicted octanol–water partition coefficient (Wildman–Crippen LogP) is 6.15. The van der Waals surface area contributed by atoms with Crippen LogP contribution < -0.4 is 20.3 Å². The van der Waals surface area contributed by atoms with E-state index in [-0.39, 0.29) is 23.7 Å². The number of hydrogen-bond acceptors (Lipinski definition) is 5. The monoisotopic (exact) mass is 548 g/mol. The van der Waals surface area contributed by atoms with Crippen LogP contribution in [-0.4, -0.2) is 36.9 Å². The molecule has 1 aliphatic heterocycles. The Bertz CT molecular complexity index is 1650. The molecule has 7 nitrogen and oxygen atoms in total. The third kappa shape index (κ3) is 5.20. The van der Waals surface area contributed by atoms with Gasteiger partial charge >= 0.3 is 0 Å². The topological polar surface area (TPSA) is 86.5 Å². The van der Waals surface area contributed by atoms with Gasteiger partial charge in [0.2, 0.25) is 5.91 Å². The summed E-state index contributed by atoms with van der Waals surface area (Å²) in [6.07, 6.45) is 3.90. The molecule has 2 heterocycles. The number of fused-ring (bicyclic) bond motifs is 2. The maximum atomic E-state index is 13.9. The Hall–Kier alpha value is -4.52. The Labute approximate surface area is 240 Å². The highest BCUT2D eigenvalue weighted by molar-refractivity contribution is 6.02. The fraction of sp³-hybridized carbons (Fsp3) is 0.294. The first-order valence-electron chi connectivity index (χ1n) is 14.2. The summed E-state index contributed by atoms with van der Waals surface area (Å²) in [6, 6.07) is 23.5. The lowest BCUT2D eigenvalue weighted by Crippen LogP contribution is -2.42. The number of amides is 1. The minimum Gasteiger partial charge on any atom is -0.496 e. The molecule has 0 saturated carbocycles. The molecular weight excluding hydrogens is 512 g/mol. The number of H-pyrrole nitrogens is 1. The number of aromatic nitrogens is 1. The van der Waals surface area contributed by atoms with Gasteiger partial charge in [-0.1, -0.05) is 62.4 Å². The van der Waals surface area contributed by atoms with Crippen LogP contribution in [0.2, 0.25) is 0 Å². The second kappa shape index (κ2) is 10.8. The maximum absolute atomic E-state index is 13.9. The molecule has 1 aromatic heterocycles. The van der Waals surface area contributed by atoms with Crippen LogP contribution in [0.1, 0.15) is 43.9 Å². The zero-order valence-corrected chi connectivity index (χ0v) is 23.8. The first-order valence-corrected chi connectivity index (χ1v) is 14.2. The fourth-order valence-electron chi connectivity index (χ4n) is 6.33. The number of rotatable bonds is 7. The van der Waals surface area contributed by atoms with Crippen LogP contribution in [-0.2, 0) is 16.0 Å². The van der Waals surface area contributed by atoms with E-state index in [0.29, 0.717) is 30.7 Å². The molecule has 7 heteroatoms. The molecule has 1 aliphatic carbocycles. The number of anilines is 2.